The molecule has 0 saturated heterocycles. The average Bonchev–Trinajstić information content (AvgIpc) is 2.99. The van der Waals surface area contributed by atoms with Crippen molar-refractivity contribution in [1.29, 1.82) is 0 Å². The van der Waals surface area contributed by atoms with E-state index in [4.69, 9.17) is 27.9 Å². The Morgan fingerprint density at radius 1 is 1.38 bits per heavy atom. The molecule has 0 unspecified atom stereocenters. The van der Waals surface area contributed by atoms with E-state index in [0.717, 1.165) is 30.7 Å². The monoisotopic (exact) mass is 395 g/mol. The highest BCUT2D eigenvalue weighted by Gasteiger charge is 2.30. The molecule has 1 saturated carbocycles. The number of hydrogen-bond acceptors (Lipinski definition) is 3. The van der Waals surface area contributed by atoms with E-state index in [9.17, 15) is 4.79 Å². The maximum atomic E-state index is 12.7. The number of carbonyl (C=O) groups is 1. The van der Waals surface area contributed by atoms with Crippen molar-refractivity contribution < 1.29 is 9.53 Å². The Balaban J connectivity index is 1.73. The minimum Gasteiger partial charge on any atom is -0.383 e. The van der Waals surface area contributed by atoms with Crippen molar-refractivity contribution in [3.8, 4) is 0 Å². The fraction of sp³-hybridized carbons (Fsp3) is 0.474. The second kappa shape index (κ2) is 8.89. The van der Waals surface area contributed by atoms with Gasteiger partial charge in [0.15, 0.2) is 0 Å². The first kappa shape index (κ1) is 19.2. The van der Waals surface area contributed by atoms with Crippen LogP contribution in [0.5, 0.6) is 0 Å². The number of nitrogens with zero attached hydrogens (tertiary/aromatic N) is 3. The number of aromatic nitrogens is 2. The van der Waals surface area contributed by atoms with Crippen molar-refractivity contribution in [2.75, 3.05) is 20.3 Å². The zero-order valence-corrected chi connectivity index (χ0v) is 16.3. The van der Waals surface area contributed by atoms with Crippen LogP contribution in [0.25, 0.3) is 0 Å². The van der Waals surface area contributed by atoms with Crippen LogP contribution in [-0.2, 0) is 22.6 Å². The van der Waals surface area contributed by atoms with Crippen LogP contribution in [0, 0.1) is 5.92 Å². The van der Waals surface area contributed by atoms with Crippen molar-refractivity contribution >= 4 is 29.1 Å². The number of benzene rings is 1. The zero-order valence-electron chi connectivity index (χ0n) is 14.8. The number of methoxy groups -OCH3 is 1. The van der Waals surface area contributed by atoms with E-state index >= 15 is 0 Å². The highest BCUT2D eigenvalue weighted by Crippen LogP contribution is 2.29. The Labute approximate surface area is 163 Å². The predicted molar refractivity (Wildman–Crippen MR) is 102 cm³/mol. The summed E-state index contributed by atoms with van der Waals surface area (Å²) < 4.78 is 7.19. The van der Waals surface area contributed by atoms with E-state index < -0.39 is 0 Å². The number of rotatable bonds is 8. The first-order valence-corrected chi connectivity index (χ1v) is 9.55. The predicted octanol–water partition coefficient (Wildman–Crippen LogP) is 4.01. The summed E-state index contributed by atoms with van der Waals surface area (Å²) >= 11 is 12.3. The van der Waals surface area contributed by atoms with Gasteiger partial charge in [0.25, 0.3) is 0 Å². The van der Waals surface area contributed by atoms with Gasteiger partial charge in [-0.05, 0) is 30.5 Å². The number of halogens is 2. The van der Waals surface area contributed by atoms with Crippen molar-refractivity contribution in [1.82, 2.24) is 14.5 Å². The molecular weight excluding hydrogens is 373 g/mol. The SMILES string of the molecule is COCCN(Cc1nccn1Cc1ccc(Cl)cc1Cl)C(=O)C1CCC1. The van der Waals surface area contributed by atoms with E-state index in [2.05, 4.69) is 4.98 Å². The quantitative estimate of drug-likeness (QED) is 0.677. The van der Waals surface area contributed by atoms with Gasteiger partial charge in [-0.1, -0.05) is 35.7 Å². The second-order valence-corrected chi connectivity index (χ2v) is 7.43. The third-order valence-corrected chi connectivity index (χ3v) is 5.41. The van der Waals surface area contributed by atoms with Gasteiger partial charge in [-0.15, -0.1) is 0 Å². The summed E-state index contributed by atoms with van der Waals surface area (Å²) in [5.74, 6) is 1.19. The molecule has 3 rings (SSSR count). The molecule has 0 atom stereocenters. The van der Waals surface area contributed by atoms with Gasteiger partial charge in [0.1, 0.15) is 5.82 Å². The van der Waals surface area contributed by atoms with Crippen LogP contribution >= 0.6 is 23.2 Å². The van der Waals surface area contributed by atoms with Crippen LogP contribution in [0.3, 0.4) is 0 Å². The summed E-state index contributed by atoms with van der Waals surface area (Å²) in [6, 6.07) is 5.47. The molecule has 0 aliphatic heterocycles. The van der Waals surface area contributed by atoms with Gasteiger partial charge in [0.2, 0.25) is 5.91 Å². The maximum Gasteiger partial charge on any atom is 0.226 e. The lowest BCUT2D eigenvalue weighted by atomic mass is 9.84. The lowest BCUT2D eigenvalue weighted by Crippen LogP contribution is -2.40. The van der Waals surface area contributed by atoms with Gasteiger partial charge >= 0.3 is 0 Å². The number of imidazole rings is 1. The minimum atomic E-state index is 0.154. The van der Waals surface area contributed by atoms with Gasteiger partial charge in [-0.3, -0.25) is 4.79 Å². The lowest BCUT2D eigenvalue weighted by Gasteiger charge is -2.31. The fourth-order valence-electron chi connectivity index (χ4n) is 3.02. The molecule has 1 amide bonds. The van der Waals surface area contributed by atoms with Crippen molar-refractivity contribution in [3.05, 3.63) is 52.0 Å². The number of ether oxygens (including phenoxy) is 1. The minimum absolute atomic E-state index is 0.154. The third kappa shape index (κ3) is 4.58. The molecule has 1 aromatic carbocycles. The molecule has 1 aliphatic rings. The van der Waals surface area contributed by atoms with Crippen LogP contribution in [0.1, 0.15) is 30.7 Å². The first-order chi connectivity index (χ1) is 12.6. The standard InChI is InChI=1S/C19H23Cl2N3O2/c1-26-10-9-24(19(25)14-3-2-4-14)13-18-22-7-8-23(18)12-15-5-6-16(20)11-17(15)21/h5-8,11,14H,2-4,9-10,12-13H2,1H3. The highest BCUT2D eigenvalue weighted by atomic mass is 35.5. The largest absolute Gasteiger partial charge is 0.383 e. The van der Waals surface area contributed by atoms with E-state index in [1.807, 2.05) is 27.8 Å². The molecule has 1 aliphatic carbocycles. The smallest absolute Gasteiger partial charge is 0.226 e. The first-order valence-electron chi connectivity index (χ1n) is 8.80. The average molecular weight is 396 g/mol. The normalized spacial score (nSPS) is 14.3. The van der Waals surface area contributed by atoms with Gasteiger partial charge in [-0.2, -0.15) is 0 Å². The topological polar surface area (TPSA) is 47.4 Å². The summed E-state index contributed by atoms with van der Waals surface area (Å²) in [4.78, 5) is 19.0. The van der Waals surface area contributed by atoms with Crippen molar-refractivity contribution in [3.63, 3.8) is 0 Å². The Hall–Kier alpha value is -1.56. The van der Waals surface area contributed by atoms with E-state index in [1.54, 1.807) is 19.4 Å². The highest BCUT2D eigenvalue weighted by molar-refractivity contribution is 6.35. The Morgan fingerprint density at radius 3 is 2.85 bits per heavy atom. The van der Waals surface area contributed by atoms with Crippen molar-refractivity contribution in [2.45, 2.75) is 32.4 Å². The summed E-state index contributed by atoms with van der Waals surface area (Å²) in [6.07, 6.45) is 6.76. The molecule has 0 radical (unpaired) electrons. The Kier molecular flexibility index (Phi) is 6.57. The van der Waals surface area contributed by atoms with Crippen LogP contribution in [0.2, 0.25) is 10.0 Å². The molecule has 1 fully saturated rings. The van der Waals surface area contributed by atoms with Gasteiger partial charge in [0, 0.05) is 42.0 Å². The van der Waals surface area contributed by atoms with Gasteiger partial charge in [0.05, 0.1) is 19.7 Å². The third-order valence-electron chi connectivity index (χ3n) is 4.82. The summed E-state index contributed by atoms with van der Waals surface area (Å²) in [5, 5.41) is 1.24. The second-order valence-electron chi connectivity index (χ2n) is 6.59. The van der Waals surface area contributed by atoms with E-state index in [0.29, 0.717) is 36.3 Å². The Morgan fingerprint density at radius 2 is 2.19 bits per heavy atom. The van der Waals surface area contributed by atoms with Crippen LogP contribution in [-0.4, -0.2) is 40.6 Å². The van der Waals surface area contributed by atoms with Crippen LogP contribution in [0.4, 0.5) is 0 Å². The molecule has 7 heteroatoms. The zero-order chi connectivity index (χ0) is 18.5. The number of amides is 1. The Bertz CT molecular complexity index is 759. The van der Waals surface area contributed by atoms with Crippen molar-refractivity contribution in [2.24, 2.45) is 5.92 Å². The molecule has 0 N–H and O–H groups in total. The summed E-state index contributed by atoms with van der Waals surface area (Å²) in [7, 11) is 1.65. The molecule has 140 valence electrons. The van der Waals surface area contributed by atoms with Crippen LogP contribution < -0.4 is 0 Å². The fourth-order valence-corrected chi connectivity index (χ4v) is 3.49. The molecule has 0 bridgehead atoms. The molecule has 1 heterocycles. The molecule has 26 heavy (non-hydrogen) atoms. The van der Waals surface area contributed by atoms with E-state index in [1.165, 1.54) is 0 Å². The van der Waals surface area contributed by atoms with Crippen LogP contribution in [0.15, 0.2) is 30.6 Å². The van der Waals surface area contributed by atoms with E-state index in [-0.39, 0.29) is 11.8 Å². The summed E-state index contributed by atoms with van der Waals surface area (Å²) in [5.41, 5.74) is 0.962. The maximum absolute atomic E-state index is 12.7. The molecule has 2 aromatic rings. The number of carbonyl (C=O) groups excluding carboxylic acids is 1. The molecule has 1 aromatic heterocycles. The van der Waals surface area contributed by atoms with Gasteiger partial charge < -0.3 is 14.2 Å². The lowest BCUT2D eigenvalue weighted by molar-refractivity contribution is -0.139. The molecular formula is C19H23Cl2N3O2. The summed E-state index contributed by atoms with van der Waals surface area (Å²) in [6.45, 7) is 2.14. The van der Waals surface area contributed by atoms with Gasteiger partial charge in [-0.25, -0.2) is 4.98 Å². The number of hydrogen-bond donors (Lipinski definition) is 0. The molecule has 0 spiro atoms. The molecule has 5 nitrogen and oxygen atoms in total.